The number of rotatable bonds is 4. The minimum Gasteiger partial charge on any atom is -0.394 e. The molecule has 21 heavy (non-hydrogen) atoms. The number of aliphatic hydroxyl groups is 1. The van der Waals surface area contributed by atoms with Gasteiger partial charge < -0.3 is 21.1 Å². The van der Waals surface area contributed by atoms with E-state index >= 15 is 0 Å². The van der Waals surface area contributed by atoms with Crippen molar-refractivity contribution in [2.45, 2.75) is 31.8 Å². The molecule has 0 bridgehead atoms. The maximum absolute atomic E-state index is 12.5. The van der Waals surface area contributed by atoms with E-state index in [0.29, 0.717) is 18.7 Å². The number of likely N-dealkylation sites (tertiary alicyclic amines) is 1. The van der Waals surface area contributed by atoms with Crippen molar-refractivity contribution in [2.24, 2.45) is 5.73 Å². The number of carbonyl (C=O) groups is 2. The molecule has 0 saturated carbocycles. The average Bonchev–Trinajstić information content (AvgIpc) is 2.52. The van der Waals surface area contributed by atoms with Crippen LogP contribution in [0.2, 0.25) is 0 Å². The fourth-order valence-electron chi connectivity index (χ4n) is 2.58. The van der Waals surface area contributed by atoms with Crippen molar-refractivity contribution < 1.29 is 14.7 Å². The van der Waals surface area contributed by atoms with E-state index in [2.05, 4.69) is 5.32 Å². The molecule has 1 fully saturated rings. The summed E-state index contributed by atoms with van der Waals surface area (Å²) >= 11 is 0. The summed E-state index contributed by atoms with van der Waals surface area (Å²) < 4.78 is 0. The predicted molar refractivity (Wildman–Crippen MR) is 78.6 cm³/mol. The fourth-order valence-corrected chi connectivity index (χ4v) is 2.58. The largest absolute Gasteiger partial charge is 0.394 e. The summed E-state index contributed by atoms with van der Waals surface area (Å²) in [6.07, 6.45) is 2.87. The Morgan fingerprint density at radius 1 is 1.29 bits per heavy atom. The molecule has 1 heterocycles. The van der Waals surface area contributed by atoms with E-state index in [1.165, 1.54) is 0 Å². The molecule has 0 spiro atoms. The third-order valence-electron chi connectivity index (χ3n) is 3.77. The summed E-state index contributed by atoms with van der Waals surface area (Å²) in [4.78, 5) is 24.9. The molecule has 114 valence electrons. The average molecular weight is 291 g/mol. The Morgan fingerprint density at radius 2 is 2.00 bits per heavy atom. The Kier molecular flexibility index (Phi) is 5.16. The molecule has 1 unspecified atom stereocenters. The number of amides is 3. The molecular weight excluding hydrogens is 270 g/mol. The van der Waals surface area contributed by atoms with E-state index < -0.39 is 6.03 Å². The second kappa shape index (κ2) is 7.08. The topological polar surface area (TPSA) is 95.7 Å². The highest BCUT2D eigenvalue weighted by Gasteiger charge is 2.26. The van der Waals surface area contributed by atoms with E-state index in [9.17, 15) is 14.7 Å². The number of nitrogens with one attached hydrogen (secondary N) is 1. The number of aliphatic hydroxyl groups excluding tert-OH is 1. The number of hydrogen-bond acceptors (Lipinski definition) is 3. The Hall–Kier alpha value is -2.08. The maximum Gasteiger partial charge on any atom is 0.312 e. The van der Waals surface area contributed by atoms with Gasteiger partial charge in [0, 0.05) is 18.7 Å². The Bertz CT molecular complexity index is 501. The van der Waals surface area contributed by atoms with E-state index in [4.69, 9.17) is 5.73 Å². The molecule has 1 atom stereocenters. The molecule has 0 radical (unpaired) electrons. The highest BCUT2D eigenvalue weighted by Crippen LogP contribution is 2.19. The smallest absolute Gasteiger partial charge is 0.312 e. The fraction of sp³-hybridized carbons (Fsp3) is 0.467. The van der Waals surface area contributed by atoms with Crippen molar-refractivity contribution in [2.75, 3.05) is 13.2 Å². The number of nitrogens with zero attached hydrogens (tertiary/aromatic N) is 1. The van der Waals surface area contributed by atoms with Crippen LogP contribution < -0.4 is 11.1 Å². The van der Waals surface area contributed by atoms with Gasteiger partial charge in [-0.15, -0.1) is 0 Å². The van der Waals surface area contributed by atoms with Crippen LogP contribution in [0.4, 0.5) is 4.79 Å². The van der Waals surface area contributed by atoms with Gasteiger partial charge in [-0.05, 0) is 37.0 Å². The van der Waals surface area contributed by atoms with Crippen LogP contribution >= 0.6 is 0 Å². The van der Waals surface area contributed by atoms with E-state index in [0.717, 1.165) is 24.8 Å². The molecule has 1 saturated heterocycles. The zero-order chi connectivity index (χ0) is 15.2. The quantitative estimate of drug-likeness (QED) is 0.767. The van der Waals surface area contributed by atoms with Crippen LogP contribution in [0.15, 0.2) is 24.3 Å². The predicted octanol–water partition coefficient (Wildman–Crippen LogP) is 0.842. The minimum atomic E-state index is -0.575. The van der Waals surface area contributed by atoms with Crippen molar-refractivity contribution >= 4 is 11.9 Å². The van der Waals surface area contributed by atoms with Crippen LogP contribution in [0.3, 0.4) is 0 Å². The molecule has 3 amide bonds. The standard InChI is InChI=1S/C15H21N3O3/c16-15(21)17-9-11-4-6-12(7-5-11)14(20)18-8-2-1-3-13(18)10-19/h4-7,13,19H,1-3,8-10H2,(H3,16,17,21). The Balaban J connectivity index is 2.03. The van der Waals surface area contributed by atoms with Crippen LogP contribution in [-0.4, -0.2) is 41.1 Å². The van der Waals surface area contributed by atoms with Crippen LogP contribution in [0.25, 0.3) is 0 Å². The van der Waals surface area contributed by atoms with Gasteiger partial charge in [0.2, 0.25) is 0 Å². The first-order valence-electron chi connectivity index (χ1n) is 7.16. The number of urea groups is 1. The number of benzene rings is 1. The van der Waals surface area contributed by atoms with Crippen molar-refractivity contribution in [1.82, 2.24) is 10.2 Å². The second-order valence-corrected chi connectivity index (χ2v) is 5.25. The van der Waals surface area contributed by atoms with Gasteiger partial charge in [0.25, 0.3) is 5.91 Å². The molecule has 6 nitrogen and oxygen atoms in total. The van der Waals surface area contributed by atoms with Gasteiger partial charge in [0.05, 0.1) is 12.6 Å². The van der Waals surface area contributed by atoms with Crippen LogP contribution in [0.1, 0.15) is 35.2 Å². The second-order valence-electron chi connectivity index (χ2n) is 5.25. The summed E-state index contributed by atoms with van der Waals surface area (Å²) in [5, 5.41) is 11.9. The molecular formula is C15H21N3O3. The zero-order valence-electron chi connectivity index (χ0n) is 11.9. The first-order valence-corrected chi connectivity index (χ1v) is 7.16. The van der Waals surface area contributed by atoms with Gasteiger partial charge in [-0.25, -0.2) is 4.79 Å². The van der Waals surface area contributed by atoms with Crippen molar-refractivity contribution in [3.05, 3.63) is 35.4 Å². The molecule has 1 aliphatic heterocycles. The highest BCUT2D eigenvalue weighted by molar-refractivity contribution is 5.94. The molecule has 6 heteroatoms. The summed E-state index contributed by atoms with van der Waals surface area (Å²) in [5.74, 6) is -0.0526. The molecule has 0 aliphatic carbocycles. The van der Waals surface area contributed by atoms with E-state index in [1.54, 1.807) is 29.2 Å². The lowest BCUT2D eigenvalue weighted by Gasteiger charge is -2.34. The Morgan fingerprint density at radius 3 is 2.62 bits per heavy atom. The number of piperidine rings is 1. The Labute approximate surface area is 123 Å². The summed E-state index contributed by atoms with van der Waals surface area (Å²) in [5.41, 5.74) is 6.49. The molecule has 1 aromatic carbocycles. The number of hydrogen-bond donors (Lipinski definition) is 3. The summed E-state index contributed by atoms with van der Waals surface area (Å²) in [7, 11) is 0. The van der Waals surface area contributed by atoms with E-state index in [1.807, 2.05) is 0 Å². The lowest BCUT2D eigenvalue weighted by atomic mass is 10.0. The zero-order valence-corrected chi connectivity index (χ0v) is 11.9. The summed E-state index contributed by atoms with van der Waals surface area (Å²) in [6.45, 7) is 1.04. The SMILES string of the molecule is NC(=O)NCc1ccc(C(=O)N2CCCCC2CO)cc1. The molecule has 0 aromatic heterocycles. The monoisotopic (exact) mass is 291 g/mol. The van der Waals surface area contributed by atoms with Gasteiger partial charge in [0.1, 0.15) is 0 Å². The highest BCUT2D eigenvalue weighted by atomic mass is 16.3. The molecule has 1 aliphatic rings. The normalized spacial score (nSPS) is 18.3. The number of nitrogens with two attached hydrogens (primary N) is 1. The van der Waals surface area contributed by atoms with Crippen molar-refractivity contribution in [1.29, 1.82) is 0 Å². The first-order chi connectivity index (χ1) is 10.1. The van der Waals surface area contributed by atoms with Crippen molar-refractivity contribution in [3.63, 3.8) is 0 Å². The molecule has 1 aromatic rings. The van der Waals surface area contributed by atoms with Crippen molar-refractivity contribution in [3.8, 4) is 0 Å². The van der Waals surface area contributed by atoms with Crippen LogP contribution in [0.5, 0.6) is 0 Å². The van der Waals surface area contributed by atoms with Gasteiger partial charge >= 0.3 is 6.03 Å². The lowest BCUT2D eigenvalue weighted by molar-refractivity contribution is 0.0503. The van der Waals surface area contributed by atoms with Gasteiger partial charge in [0.15, 0.2) is 0 Å². The lowest BCUT2D eigenvalue weighted by Crippen LogP contribution is -2.45. The van der Waals surface area contributed by atoms with Gasteiger partial charge in [-0.1, -0.05) is 12.1 Å². The van der Waals surface area contributed by atoms with Crippen LogP contribution in [0, 0.1) is 0 Å². The third kappa shape index (κ3) is 3.95. The third-order valence-corrected chi connectivity index (χ3v) is 3.77. The number of carbonyl (C=O) groups excluding carboxylic acids is 2. The van der Waals surface area contributed by atoms with Gasteiger partial charge in [-0.3, -0.25) is 4.79 Å². The summed E-state index contributed by atoms with van der Waals surface area (Å²) in [6, 6.07) is 6.41. The maximum atomic E-state index is 12.5. The van der Waals surface area contributed by atoms with Gasteiger partial charge in [-0.2, -0.15) is 0 Å². The minimum absolute atomic E-state index is 0.00630. The molecule has 2 rings (SSSR count). The molecule has 4 N–H and O–H groups in total. The van der Waals surface area contributed by atoms with Crippen LogP contribution in [-0.2, 0) is 6.54 Å². The first kappa shape index (κ1) is 15.3. The number of primary amides is 1. The van der Waals surface area contributed by atoms with E-state index in [-0.39, 0.29) is 18.6 Å².